The fourth-order valence-corrected chi connectivity index (χ4v) is 2.30. The Morgan fingerprint density at radius 2 is 2.06 bits per heavy atom. The highest BCUT2D eigenvalue weighted by atomic mass is 16.6. The summed E-state index contributed by atoms with van der Waals surface area (Å²) >= 11 is 0. The Bertz CT molecular complexity index is 497. The Kier molecular flexibility index (Phi) is 3.29. The van der Waals surface area contributed by atoms with Gasteiger partial charge < -0.3 is 5.32 Å². The van der Waals surface area contributed by atoms with Crippen LogP contribution in [0.1, 0.15) is 25.5 Å². The van der Waals surface area contributed by atoms with E-state index >= 15 is 0 Å². The molecule has 2 rings (SSSR count). The van der Waals surface area contributed by atoms with Crippen molar-refractivity contribution in [2.45, 2.75) is 19.9 Å². The van der Waals surface area contributed by atoms with Crippen LogP contribution in [-0.2, 0) is 4.79 Å². The average Bonchev–Trinajstić information content (AvgIpc) is 2.67. The lowest BCUT2D eigenvalue weighted by Crippen LogP contribution is -2.32. The van der Waals surface area contributed by atoms with E-state index in [2.05, 4.69) is 5.32 Å². The molecule has 1 unspecified atom stereocenters. The number of hydrogen-bond acceptors (Lipinski definition) is 4. The minimum atomic E-state index is -0.442. The number of hydrogen-bond donors (Lipinski definition) is 1. The van der Waals surface area contributed by atoms with E-state index in [4.69, 9.17) is 0 Å². The molecule has 6 heteroatoms. The molecule has 1 atom stereocenters. The number of rotatable bonds is 4. The number of benzene rings is 1. The number of nitro groups is 1. The molecule has 0 saturated heterocycles. The number of non-ortho nitro benzene ring substituents is 1. The van der Waals surface area contributed by atoms with Crippen molar-refractivity contribution < 1.29 is 9.72 Å². The third-order valence-electron chi connectivity index (χ3n) is 3.22. The summed E-state index contributed by atoms with van der Waals surface area (Å²) in [4.78, 5) is 24.3. The molecule has 1 aliphatic rings. The first-order valence-corrected chi connectivity index (χ1v) is 5.91. The van der Waals surface area contributed by atoms with E-state index in [0.29, 0.717) is 11.3 Å². The van der Waals surface area contributed by atoms with Gasteiger partial charge >= 0.3 is 0 Å². The van der Waals surface area contributed by atoms with Gasteiger partial charge in [0.25, 0.3) is 5.69 Å². The number of carbonyl (C=O) groups is 1. The molecule has 0 radical (unpaired) electrons. The molecule has 18 heavy (non-hydrogen) atoms. The van der Waals surface area contributed by atoms with Gasteiger partial charge in [-0.2, -0.15) is 0 Å². The Balaban J connectivity index is 2.45. The minimum Gasteiger partial charge on any atom is -0.324 e. The monoisotopic (exact) mass is 249 g/mol. The number of nitrogens with one attached hydrogen (secondary N) is 1. The van der Waals surface area contributed by atoms with Crippen LogP contribution in [0.5, 0.6) is 0 Å². The zero-order chi connectivity index (χ0) is 13.3. The number of nitro benzene ring substituents is 1. The fraction of sp³-hybridized carbons (Fsp3) is 0.417. The highest BCUT2D eigenvalue weighted by Crippen LogP contribution is 2.36. The van der Waals surface area contributed by atoms with Gasteiger partial charge in [0.05, 0.1) is 4.92 Å². The molecule has 1 N–H and O–H groups in total. The number of anilines is 1. The molecule has 0 saturated carbocycles. The normalized spacial score (nSPS) is 17.7. The molecule has 0 fully saturated rings. The van der Waals surface area contributed by atoms with Crippen LogP contribution in [0.2, 0.25) is 0 Å². The third-order valence-corrected chi connectivity index (χ3v) is 3.22. The van der Waals surface area contributed by atoms with Crippen LogP contribution >= 0.6 is 0 Å². The van der Waals surface area contributed by atoms with Crippen LogP contribution in [0, 0.1) is 10.1 Å². The third kappa shape index (κ3) is 1.95. The largest absolute Gasteiger partial charge is 0.324 e. The summed E-state index contributed by atoms with van der Waals surface area (Å²) < 4.78 is 0. The average molecular weight is 249 g/mol. The van der Waals surface area contributed by atoms with Gasteiger partial charge in [-0.15, -0.1) is 0 Å². The maximum Gasteiger partial charge on any atom is 0.269 e. The molecule has 0 bridgehead atoms. The molecule has 0 aromatic heterocycles. The van der Waals surface area contributed by atoms with E-state index in [1.807, 2.05) is 18.7 Å². The number of amides is 1. The van der Waals surface area contributed by atoms with Crippen LogP contribution in [0.4, 0.5) is 11.4 Å². The summed E-state index contributed by atoms with van der Waals surface area (Å²) in [5.74, 6) is -0.116. The van der Waals surface area contributed by atoms with Crippen molar-refractivity contribution in [2.75, 3.05) is 18.4 Å². The molecule has 0 spiro atoms. The molecule has 1 aromatic carbocycles. The van der Waals surface area contributed by atoms with Crippen LogP contribution in [0.3, 0.4) is 0 Å². The predicted octanol–water partition coefficient (Wildman–Crippen LogP) is 1.93. The molecule has 1 heterocycles. The zero-order valence-electron chi connectivity index (χ0n) is 10.3. The number of fused-ring (bicyclic) bond motifs is 1. The zero-order valence-corrected chi connectivity index (χ0v) is 10.3. The Morgan fingerprint density at radius 1 is 1.39 bits per heavy atom. The van der Waals surface area contributed by atoms with E-state index < -0.39 is 11.0 Å². The maximum absolute atomic E-state index is 11.9. The van der Waals surface area contributed by atoms with E-state index in [-0.39, 0.29) is 11.6 Å². The summed E-state index contributed by atoms with van der Waals surface area (Å²) in [6.45, 7) is 5.37. The van der Waals surface area contributed by atoms with Gasteiger partial charge in [-0.1, -0.05) is 13.8 Å². The van der Waals surface area contributed by atoms with Gasteiger partial charge in [0.2, 0.25) is 5.91 Å². The highest BCUT2D eigenvalue weighted by Gasteiger charge is 2.35. The number of likely N-dealkylation sites (N-methyl/N-ethyl adjacent to an activating group) is 1. The Labute approximate surface area is 105 Å². The summed E-state index contributed by atoms with van der Waals surface area (Å²) in [5.41, 5.74) is 1.38. The summed E-state index contributed by atoms with van der Waals surface area (Å²) in [6.07, 6.45) is 0. The quantitative estimate of drug-likeness (QED) is 0.653. The SMILES string of the molecule is CCN(CC)C1C(=O)Nc2ccc([N+](=O)[O-])cc21. The molecule has 96 valence electrons. The van der Waals surface area contributed by atoms with Crippen LogP contribution in [-0.4, -0.2) is 28.8 Å². The Hall–Kier alpha value is -1.95. The van der Waals surface area contributed by atoms with Crippen molar-refractivity contribution in [1.82, 2.24) is 4.90 Å². The summed E-state index contributed by atoms with van der Waals surface area (Å²) in [7, 11) is 0. The first-order chi connectivity index (χ1) is 8.58. The van der Waals surface area contributed by atoms with Gasteiger partial charge in [-0.05, 0) is 19.2 Å². The molecule has 0 aliphatic carbocycles. The lowest BCUT2D eigenvalue weighted by Gasteiger charge is -2.24. The first kappa shape index (κ1) is 12.5. The smallest absolute Gasteiger partial charge is 0.269 e. The molecule has 1 aromatic rings. The van der Waals surface area contributed by atoms with Gasteiger partial charge in [-0.25, -0.2) is 0 Å². The van der Waals surface area contributed by atoms with Gasteiger partial charge in [0.1, 0.15) is 6.04 Å². The molecule has 1 amide bonds. The van der Waals surface area contributed by atoms with Crippen molar-refractivity contribution in [2.24, 2.45) is 0 Å². The van der Waals surface area contributed by atoms with Crippen LogP contribution in [0.25, 0.3) is 0 Å². The fourth-order valence-electron chi connectivity index (χ4n) is 2.30. The second kappa shape index (κ2) is 4.73. The van der Waals surface area contributed by atoms with Crippen LogP contribution < -0.4 is 5.32 Å². The molecule has 6 nitrogen and oxygen atoms in total. The van der Waals surface area contributed by atoms with Crippen molar-refractivity contribution in [1.29, 1.82) is 0 Å². The number of carbonyl (C=O) groups excluding carboxylic acids is 1. The van der Waals surface area contributed by atoms with E-state index in [1.54, 1.807) is 6.07 Å². The van der Waals surface area contributed by atoms with Crippen LogP contribution in [0.15, 0.2) is 18.2 Å². The molecular weight excluding hydrogens is 234 g/mol. The lowest BCUT2D eigenvalue weighted by atomic mass is 10.1. The van der Waals surface area contributed by atoms with Crippen molar-refractivity contribution in [3.63, 3.8) is 0 Å². The second-order valence-electron chi connectivity index (χ2n) is 4.14. The summed E-state index contributed by atoms with van der Waals surface area (Å²) in [6, 6.07) is 4.06. The topological polar surface area (TPSA) is 75.5 Å². The predicted molar refractivity (Wildman–Crippen MR) is 67.4 cm³/mol. The summed E-state index contributed by atoms with van der Waals surface area (Å²) in [5, 5.41) is 13.5. The van der Waals surface area contributed by atoms with Crippen molar-refractivity contribution >= 4 is 17.3 Å². The first-order valence-electron chi connectivity index (χ1n) is 5.91. The Morgan fingerprint density at radius 3 is 2.61 bits per heavy atom. The molecule has 1 aliphatic heterocycles. The standard InChI is InChI=1S/C12H15N3O3/c1-3-14(4-2)11-9-7-8(15(17)18)5-6-10(9)13-12(11)16/h5-7,11H,3-4H2,1-2H3,(H,13,16). The van der Waals surface area contributed by atoms with E-state index in [1.165, 1.54) is 12.1 Å². The second-order valence-corrected chi connectivity index (χ2v) is 4.14. The van der Waals surface area contributed by atoms with Gasteiger partial charge in [0.15, 0.2) is 0 Å². The lowest BCUT2D eigenvalue weighted by molar-refractivity contribution is -0.384. The number of nitrogens with zero attached hydrogens (tertiary/aromatic N) is 2. The van der Waals surface area contributed by atoms with Gasteiger partial charge in [0, 0.05) is 23.4 Å². The van der Waals surface area contributed by atoms with E-state index in [0.717, 1.165) is 13.1 Å². The molecular formula is C12H15N3O3. The van der Waals surface area contributed by atoms with Gasteiger partial charge in [-0.3, -0.25) is 19.8 Å². The van der Waals surface area contributed by atoms with Crippen molar-refractivity contribution in [3.8, 4) is 0 Å². The maximum atomic E-state index is 11.9. The minimum absolute atomic E-state index is 0.0161. The van der Waals surface area contributed by atoms with E-state index in [9.17, 15) is 14.9 Å². The highest BCUT2D eigenvalue weighted by molar-refractivity contribution is 6.02. The van der Waals surface area contributed by atoms with Crippen molar-refractivity contribution in [3.05, 3.63) is 33.9 Å².